The zero-order chi connectivity index (χ0) is 27.5. The Morgan fingerprint density at radius 3 is 2.03 bits per heavy atom. The molecule has 2 heterocycles. The van der Waals surface area contributed by atoms with Gasteiger partial charge in [-0.05, 0) is 69.7 Å². The van der Waals surface area contributed by atoms with Crippen molar-refractivity contribution >= 4 is 29.3 Å². The van der Waals surface area contributed by atoms with Gasteiger partial charge in [0.2, 0.25) is 11.8 Å². The van der Waals surface area contributed by atoms with Gasteiger partial charge in [-0.25, -0.2) is 4.79 Å². The van der Waals surface area contributed by atoms with Gasteiger partial charge in [0.15, 0.2) is 0 Å². The van der Waals surface area contributed by atoms with E-state index in [0.29, 0.717) is 31.3 Å². The minimum Gasteiger partial charge on any atom is -0.444 e. The van der Waals surface area contributed by atoms with Crippen LogP contribution in [0.3, 0.4) is 0 Å². The highest BCUT2D eigenvalue weighted by Gasteiger charge is 2.30. The fraction of sp³-hybridized carbons (Fsp3) is 0.444. The highest BCUT2D eigenvalue weighted by atomic mass is 16.6. The maximum absolute atomic E-state index is 12.5. The van der Waals surface area contributed by atoms with Crippen molar-refractivity contribution in [2.75, 3.05) is 23.9 Å². The summed E-state index contributed by atoms with van der Waals surface area (Å²) in [5.74, 6) is -0.228. The van der Waals surface area contributed by atoms with Crippen molar-refractivity contribution in [1.29, 1.82) is 0 Å². The number of anilines is 2. The number of aryl methyl sites for hydroxylation is 2. The first-order valence-electron chi connectivity index (χ1n) is 12.8. The molecule has 2 unspecified atom stereocenters. The van der Waals surface area contributed by atoms with E-state index >= 15 is 0 Å². The molecule has 0 saturated heterocycles. The molecule has 2 aromatic carbocycles. The first kappa shape index (κ1) is 23.4. The van der Waals surface area contributed by atoms with Crippen molar-refractivity contribution in [3.63, 3.8) is 0 Å². The summed E-state index contributed by atoms with van der Waals surface area (Å²) in [5.41, 5.74) is 8.78. The number of hydrogen-bond donors (Lipinski definition) is 2. The van der Waals surface area contributed by atoms with E-state index in [9.17, 15) is 14.4 Å². The van der Waals surface area contributed by atoms with Gasteiger partial charge in [0.05, 0.1) is 8.78 Å². The Balaban J connectivity index is 0.000000220. The third-order valence-corrected chi connectivity index (χ3v) is 5.97. The van der Waals surface area contributed by atoms with Crippen LogP contribution in [0.1, 0.15) is 47.5 Å². The van der Waals surface area contributed by atoms with Crippen molar-refractivity contribution < 1.29 is 21.9 Å². The summed E-state index contributed by atoms with van der Waals surface area (Å²) in [7, 11) is 3.41. The summed E-state index contributed by atoms with van der Waals surface area (Å²) in [6.45, 7) is 5.33. The smallest absolute Gasteiger partial charge is 0.408 e. The summed E-state index contributed by atoms with van der Waals surface area (Å²) in [4.78, 5) is 39.3. The Kier molecular flexibility index (Phi) is 7.28. The molecule has 4 rings (SSSR count). The van der Waals surface area contributed by atoms with Gasteiger partial charge in [0.1, 0.15) is 11.6 Å². The van der Waals surface area contributed by atoms with E-state index in [1.54, 1.807) is 70.1 Å². The molecule has 35 heavy (non-hydrogen) atoms. The number of alkyl carbamates (subject to hydrolysis) is 1. The minimum absolute atomic E-state index is 0.0496. The van der Waals surface area contributed by atoms with Crippen LogP contribution < -0.4 is 20.9 Å². The molecule has 0 spiro atoms. The lowest BCUT2D eigenvalue weighted by Crippen LogP contribution is -2.48. The molecule has 8 heteroatoms. The van der Waals surface area contributed by atoms with E-state index in [4.69, 9.17) is 13.2 Å². The number of ether oxygens (including phenoxy) is 1. The number of carbonyl (C=O) groups is 3. The van der Waals surface area contributed by atoms with Crippen LogP contribution >= 0.6 is 0 Å². The SMILES string of the molecule is [2H]c1ccc2c(c1)CCC(N)C(=O)N2C.[2H]c1ccc2c(c1)CCC(NC(=O)OC(C)(C)C)C(=O)N2C. The van der Waals surface area contributed by atoms with Gasteiger partial charge < -0.3 is 25.6 Å². The van der Waals surface area contributed by atoms with E-state index in [1.807, 2.05) is 6.07 Å². The number of fused-ring (bicyclic) bond motifs is 2. The fourth-order valence-electron chi connectivity index (χ4n) is 4.13. The van der Waals surface area contributed by atoms with Crippen molar-refractivity contribution in [3.05, 3.63) is 59.6 Å². The second kappa shape index (κ2) is 10.9. The highest BCUT2D eigenvalue weighted by molar-refractivity contribution is 5.99. The summed E-state index contributed by atoms with van der Waals surface area (Å²) in [6.07, 6.45) is 1.93. The number of hydrogen-bond acceptors (Lipinski definition) is 5. The fourth-order valence-corrected chi connectivity index (χ4v) is 4.13. The van der Waals surface area contributed by atoms with Crippen LogP contribution in [0.4, 0.5) is 16.2 Å². The van der Waals surface area contributed by atoms with E-state index in [0.717, 1.165) is 28.9 Å². The van der Waals surface area contributed by atoms with Crippen LogP contribution in [-0.2, 0) is 27.2 Å². The van der Waals surface area contributed by atoms with E-state index in [-0.39, 0.29) is 11.8 Å². The van der Waals surface area contributed by atoms with Crippen molar-refractivity contribution in [2.24, 2.45) is 5.73 Å². The molecule has 2 aliphatic rings. The predicted octanol–water partition coefficient (Wildman–Crippen LogP) is 3.41. The molecule has 188 valence electrons. The molecule has 8 nitrogen and oxygen atoms in total. The summed E-state index contributed by atoms with van der Waals surface area (Å²) >= 11 is 0. The van der Waals surface area contributed by atoms with Crippen LogP contribution in [-0.4, -0.2) is 49.7 Å². The maximum Gasteiger partial charge on any atom is 0.408 e. The number of nitrogens with one attached hydrogen (secondary N) is 1. The average Bonchev–Trinajstić information content (AvgIpc) is 2.99. The summed E-state index contributed by atoms with van der Waals surface area (Å²) in [5, 5.41) is 2.65. The topological polar surface area (TPSA) is 105 Å². The molecule has 2 aromatic rings. The summed E-state index contributed by atoms with van der Waals surface area (Å²) in [6, 6.07) is 10.3. The van der Waals surface area contributed by atoms with Crippen LogP contribution in [0.5, 0.6) is 0 Å². The van der Waals surface area contributed by atoms with Gasteiger partial charge in [0.25, 0.3) is 0 Å². The Labute approximate surface area is 210 Å². The number of para-hydroxylation sites is 2. The van der Waals surface area contributed by atoms with E-state index in [2.05, 4.69) is 5.32 Å². The molecule has 2 atom stereocenters. The van der Waals surface area contributed by atoms with Gasteiger partial charge in [-0.15, -0.1) is 0 Å². The normalized spacial score (nSPS) is 20.7. The Morgan fingerprint density at radius 2 is 1.49 bits per heavy atom. The van der Waals surface area contributed by atoms with Gasteiger partial charge in [0, 0.05) is 25.5 Å². The lowest BCUT2D eigenvalue weighted by atomic mass is 10.1. The average molecular weight is 483 g/mol. The molecule has 0 aliphatic carbocycles. The Hall–Kier alpha value is -3.39. The number of nitrogens with two attached hydrogens (primary N) is 1. The third-order valence-electron chi connectivity index (χ3n) is 5.97. The van der Waals surface area contributed by atoms with E-state index in [1.165, 1.54) is 4.90 Å². The number of nitrogens with zero attached hydrogens (tertiary/aromatic N) is 2. The first-order valence-corrected chi connectivity index (χ1v) is 11.8. The molecule has 0 aromatic heterocycles. The van der Waals surface area contributed by atoms with Crippen molar-refractivity contribution in [1.82, 2.24) is 5.32 Å². The largest absolute Gasteiger partial charge is 0.444 e. The van der Waals surface area contributed by atoms with E-state index < -0.39 is 23.8 Å². The second-order valence-electron chi connectivity index (χ2n) is 9.79. The van der Waals surface area contributed by atoms with Crippen LogP contribution in [0.2, 0.25) is 0 Å². The van der Waals surface area contributed by atoms with Crippen LogP contribution in [0.25, 0.3) is 0 Å². The minimum atomic E-state index is -0.624. The van der Waals surface area contributed by atoms with Crippen molar-refractivity contribution in [2.45, 2.75) is 64.1 Å². The predicted molar refractivity (Wildman–Crippen MR) is 137 cm³/mol. The first-order chi connectivity index (χ1) is 17.3. The molecular weight excluding hydrogens is 444 g/mol. The molecular formula is C27H36N4O4. The molecule has 2 aliphatic heterocycles. The van der Waals surface area contributed by atoms with Crippen LogP contribution in [0, 0.1) is 0 Å². The monoisotopic (exact) mass is 482 g/mol. The standard InChI is InChI=1S/C16H22N2O3.C11H14N2O/c1-16(2,3)21-15(20)17-12-10-9-11-7-5-6-8-13(11)18(4)14(12)19;1-13-10-5-3-2-4-8(10)6-7-9(12)11(13)14/h5-8,12H,9-10H2,1-4H3,(H,17,20);2-5,9H,6-7,12H2,1H3/i5D;2D. The van der Waals surface area contributed by atoms with Crippen molar-refractivity contribution in [3.8, 4) is 0 Å². The molecule has 0 bridgehead atoms. The maximum atomic E-state index is 12.5. The zero-order valence-electron chi connectivity index (χ0n) is 23.1. The molecule has 0 radical (unpaired) electrons. The van der Waals surface area contributed by atoms with Gasteiger partial charge in [-0.3, -0.25) is 9.59 Å². The van der Waals surface area contributed by atoms with Gasteiger partial charge in [-0.1, -0.05) is 36.4 Å². The van der Waals surface area contributed by atoms with Gasteiger partial charge >= 0.3 is 6.09 Å². The highest BCUT2D eigenvalue weighted by Crippen LogP contribution is 2.26. The number of amides is 3. The lowest BCUT2D eigenvalue weighted by molar-refractivity contribution is -0.120. The third kappa shape index (κ3) is 6.60. The number of benzene rings is 2. The molecule has 3 amide bonds. The quantitative estimate of drug-likeness (QED) is 0.648. The lowest BCUT2D eigenvalue weighted by Gasteiger charge is -2.24. The number of likely N-dealkylation sites (N-methyl/N-ethyl adjacent to an activating group) is 2. The Bertz CT molecular complexity index is 1180. The van der Waals surface area contributed by atoms with Crippen LogP contribution in [0.15, 0.2) is 48.5 Å². The molecule has 3 N–H and O–H groups in total. The number of rotatable bonds is 1. The molecule has 0 saturated carbocycles. The zero-order valence-corrected chi connectivity index (χ0v) is 21.1. The second-order valence-corrected chi connectivity index (χ2v) is 9.79. The van der Waals surface area contributed by atoms with Gasteiger partial charge in [-0.2, -0.15) is 0 Å². The number of carbonyl (C=O) groups excluding carboxylic acids is 3. The Morgan fingerprint density at radius 1 is 0.971 bits per heavy atom. The molecule has 0 fully saturated rings. The summed E-state index contributed by atoms with van der Waals surface area (Å²) < 4.78 is 20.4.